The SMILES string of the molecule is CC=CC(=CC)CCS(=O)(=O)N(Cc1ccc(N(CC)CCN(C)CCC2CC2)cc1F)S(C)(=O)=O. The van der Waals surface area contributed by atoms with E-state index in [1.807, 2.05) is 13.8 Å². The number of hydrogen-bond donors (Lipinski definition) is 0. The monoisotopic (exact) mass is 543 g/mol. The molecule has 0 saturated heterocycles. The largest absolute Gasteiger partial charge is 0.370 e. The molecule has 1 aromatic carbocycles. The van der Waals surface area contributed by atoms with Crippen LogP contribution in [0.15, 0.2) is 42.0 Å². The van der Waals surface area contributed by atoms with Crippen molar-refractivity contribution in [1.82, 2.24) is 8.61 Å². The molecule has 2 rings (SSSR count). The molecule has 204 valence electrons. The van der Waals surface area contributed by atoms with Gasteiger partial charge >= 0.3 is 0 Å². The minimum Gasteiger partial charge on any atom is -0.370 e. The van der Waals surface area contributed by atoms with Crippen molar-refractivity contribution in [2.45, 2.75) is 53.0 Å². The van der Waals surface area contributed by atoms with Gasteiger partial charge in [0.05, 0.1) is 18.6 Å². The Morgan fingerprint density at radius 1 is 1.11 bits per heavy atom. The molecule has 36 heavy (non-hydrogen) atoms. The maximum absolute atomic E-state index is 15.1. The van der Waals surface area contributed by atoms with Gasteiger partial charge in [0.15, 0.2) is 0 Å². The predicted molar refractivity (Wildman–Crippen MR) is 146 cm³/mol. The van der Waals surface area contributed by atoms with Crippen molar-refractivity contribution in [3.05, 3.63) is 53.4 Å². The standard InChI is InChI=1S/C26H42FN3O4S2/c1-6-9-22(7-2)15-19-36(33,34)30(35(5,31)32)21-24-12-13-25(20-26(24)27)29(8-3)18-17-28(4)16-14-23-10-11-23/h6-7,9,12-13,20,23H,8,10-11,14-19,21H2,1-5H3. The Morgan fingerprint density at radius 3 is 2.33 bits per heavy atom. The Morgan fingerprint density at radius 2 is 1.81 bits per heavy atom. The van der Waals surface area contributed by atoms with E-state index >= 15 is 4.39 Å². The molecule has 0 heterocycles. The van der Waals surface area contributed by atoms with E-state index in [0.29, 0.717) is 15.9 Å². The quantitative estimate of drug-likeness (QED) is 0.288. The van der Waals surface area contributed by atoms with Crippen LogP contribution in [-0.2, 0) is 26.6 Å². The number of allylic oxidation sites excluding steroid dienone is 4. The molecule has 0 aliphatic heterocycles. The highest BCUT2D eigenvalue weighted by Crippen LogP contribution is 2.32. The highest BCUT2D eigenvalue weighted by molar-refractivity contribution is 8.03. The van der Waals surface area contributed by atoms with Crippen molar-refractivity contribution in [3.8, 4) is 0 Å². The minimum absolute atomic E-state index is 0.0186. The maximum Gasteiger partial charge on any atom is 0.227 e. The van der Waals surface area contributed by atoms with Gasteiger partial charge in [0.2, 0.25) is 20.0 Å². The fourth-order valence-corrected chi connectivity index (χ4v) is 7.27. The summed E-state index contributed by atoms with van der Waals surface area (Å²) < 4.78 is 66.2. The van der Waals surface area contributed by atoms with Gasteiger partial charge in [-0.3, -0.25) is 0 Å². The molecule has 0 aromatic heterocycles. The summed E-state index contributed by atoms with van der Waals surface area (Å²) in [6.07, 6.45) is 10.2. The Hall–Kier alpha value is -1.75. The number of likely N-dealkylation sites (N-methyl/N-ethyl adjacent to an activating group) is 2. The molecular weight excluding hydrogens is 501 g/mol. The smallest absolute Gasteiger partial charge is 0.227 e. The molecule has 10 heteroatoms. The van der Waals surface area contributed by atoms with Gasteiger partial charge in [-0.25, -0.2) is 21.2 Å². The summed E-state index contributed by atoms with van der Waals surface area (Å²) in [6.45, 7) is 8.37. The first-order valence-electron chi connectivity index (χ1n) is 12.6. The molecule has 0 spiro atoms. The Balaban J connectivity index is 2.12. The van der Waals surface area contributed by atoms with E-state index in [0.717, 1.165) is 37.4 Å². The number of anilines is 1. The average Bonchev–Trinajstić information content (AvgIpc) is 3.64. The molecular formula is C26H42FN3O4S2. The molecule has 1 aromatic rings. The zero-order valence-electron chi connectivity index (χ0n) is 22.3. The highest BCUT2D eigenvalue weighted by atomic mass is 32.3. The lowest BCUT2D eigenvalue weighted by atomic mass is 10.1. The number of benzene rings is 1. The van der Waals surface area contributed by atoms with E-state index in [9.17, 15) is 16.8 Å². The molecule has 1 aliphatic rings. The Labute approximate surface area is 217 Å². The van der Waals surface area contributed by atoms with Crippen LogP contribution in [0.25, 0.3) is 0 Å². The normalized spacial score (nSPS) is 15.4. The second kappa shape index (κ2) is 13.7. The molecule has 0 atom stereocenters. The van der Waals surface area contributed by atoms with Crippen molar-refractivity contribution < 1.29 is 21.2 Å². The number of sulfonamides is 2. The van der Waals surface area contributed by atoms with Crippen molar-refractivity contribution in [2.75, 3.05) is 50.1 Å². The number of hydrogen-bond acceptors (Lipinski definition) is 6. The number of rotatable bonds is 16. The lowest BCUT2D eigenvalue weighted by Crippen LogP contribution is -2.37. The molecule has 0 radical (unpaired) electrons. The van der Waals surface area contributed by atoms with Gasteiger partial charge in [0, 0.05) is 30.9 Å². The molecule has 7 nitrogen and oxygen atoms in total. The summed E-state index contributed by atoms with van der Waals surface area (Å²) in [4.78, 5) is 4.35. The van der Waals surface area contributed by atoms with Crippen LogP contribution in [0.3, 0.4) is 0 Å². The van der Waals surface area contributed by atoms with Crippen LogP contribution in [-0.4, -0.2) is 70.7 Å². The lowest BCUT2D eigenvalue weighted by Gasteiger charge is -2.27. The van der Waals surface area contributed by atoms with Crippen molar-refractivity contribution in [1.29, 1.82) is 0 Å². The van der Waals surface area contributed by atoms with Crippen molar-refractivity contribution in [2.24, 2.45) is 5.92 Å². The van der Waals surface area contributed by atoms with Gasteiger partial charge in [-0.2, -0.15) is 0 Å². The fourth-order valence-electron chi connectivity index (χ4n) is 3.99. The molecule has 0 amide bonds. The first-order valence-corrected chi connectivity index (χ1v) is 16.1. The van der Waals surface area contributed by atoms with Crippen molar-refractivity contribution >= 4 is 25.7 Å². The van der Waals surface area contributed by atoms with Crippen LogP contribution < -0.4 is 4.90 Å². The summed E-state index contributed by atoms with van der Waals surface area (Å²) in [7, 11) is -6.23. The van der Waals surface area contributed by atoms with E-state index in [1.54, 1.807) is 31.2 Å². The van der Waals surface area contributed by atoms with Gasteiger partial charge in [-0.15, -0.1) is 0 Å². The van der Waals surface area contributed by atoms with Crippen LogP contribution in [0, 0.1) is 11.7 Å². The molecule has 1 saturated carbocycles. The van der Waals surface area contributed by atoms with Crippen LogP contribution >= 0.6 is 0 Å². The predicted octanol–water partition coefficient (Wildman–Crippen LogP) is 4.39. The summed E-state index contributed by atoms with van der Waals surface area (Å²) in [5.74, 6) is -0.133. The van der Waals surface area contributed by atoms with E-state index < -0.39 is 32.4 Å². The zero-order valence-corrected chi connectivity index (χ0v) is 23.9. The third-order valence-corrected chi connectivity index (χ3v) is 10.4. The summed E-state index contributed by atoms with van der Waals surface area (Å²) in [5, 5.41) is 0. The van der Waals surface area contributed by atoms with E-state index in [4.69, 9.17) is 0 Å². The molecule has 0 unspecified atom stereocenters. The average molecular weight is 544 g/mol. The topological polar surface area (TPSA) is 78.0 Å². The van der Waals surface area contributed by atoms with Crippen LogP contribution in [0.5, 0.6) is 0 Å². The lowest BCUT2D eigenvalue weighted by molar-refractivity contribution is 0.328. The van der Waals surface area contributed by atoms with Gasteiger partial charge < -0.3 is 9.80 Å². The Bertz CT molecular complexity index is 1130. The Kier molecular flexibility index (Phi) is 11.6. The van der Waals surface area contributed by atoms with Gasteiger partial charge in [-0.05, 0) is 65.3 Å². The van der Waals surface area contributed by atoms with E-state index in [2.05, 4.69) is 16.8 Å². The van der Waals surface area contributed by atoms with E-state index in [-0.39, 0.29) is 17.7 Å². The van der Waals surface area contributed by atoms with Gasteiger partial charge in [0.25, 0.3) is 0 Å². The molecule has 1 aliphatic carbocycles. The molecule has 0 bridgehead atoms. The third kappa shape index (κ3) is 9.61. The second-order valence-electron chi connectivity index (χ2n) is 9.51. The summed E-state index contributed by atoms with van der Waals surface area (Å²) in [5.41, 5.74) is 1.49. The van der Waals surface area contributed by atoms with E-state index in [1.165, 1.54) is 31.4 Å². The first kappa shape index (κ1) is 30.5. The summed E-state index contributed by atoms with van der Waals surface area (Å²) >= 11 is 0. The number of halogens is 1. The van der Waals surface area contributed by atoms with Crippen LogP contribution in [0.1, 0.15) is 52.0 Å². The third-order valence-electron chi connectivity index (χ3n) is 6.53. The minimum atomic E-state index is -4.19. The molecule has 0 N–H and O–H groups in total. The fraction of sp³-hybridized carbons (Fsp3) is 0.615. The van der Waals surface area contributed by atoms with Crippen LogP contribution in [0.4, 0.5) is 10.1 Å². The molecule has 1 fully saturated rings. The zero-order chi connectivity index (χ0) is 26.9. The van der Waals surface area contributed by atoms with Gasteiger partial charge in [0.1, 0.15) is 5.82 Å². The van der Waals surface area contributed by atoms with Crippen LogP contribution in [0.2, 0.25) is 0 Å². The van der Waals surface area contributed by atoms with Gasteiger partial charge in [-0.1, -0.05) is 46.4 Å². The summed E-state index contributed by atoms with van der Waals surface area (Å²) in [6, 6.07) is 4.57. The maximum atomic E-state index is 15.1. The second-order valence-corrected chi connectivity index (χ2v) is 13.7. The van der Waals surface area contributed by atoms with Crippen molar-refractivity contribution in [3.63, 3.8) is 0 Å². The number of nitrogens with zero attached hydrogens (tertiary/aromatic N) is 3. The highest BCUT2D eigenvalue weighted by Gasteiger charge is 2.31. The first-order chi connectivity index (χ1) is 16.9.